The Balaban J connectivity index is 1.10. The number of allylic oxidation sites excluding steroid dienone is 2. The molecule has 3 atom stereocenters. The average Bonchev–Trinajstić information content (AvgIpc) is 3.43. The van der Waals surface area contributed by atoms with E-state index in [0.717, 1.165) is 34.0 Å². The maximum absolute atomic E-state index is 6.21. The Morgan fingerprint density at radius 1 is 0.889 bits per heavy atom. The van der Waals surface area contributed by atoms with E-state index >= 15 is 0 Å². The van der Waals surface area contributed by atoms with Gasteiger partial charge in [0.15, 0.2) is 0 Å². The van der Waals surface area contributed by atoms with Crippen LogP contribution in [-0.2, 0) is 6.61 Å². The number of benzene rings is 4. The molecule has 36 heavy (non-hydrogen) atoms. The first-order valence-corrected chi connectivity index (χ1v) is 12.7. The summed E-state index contributed by atoms with van der Waals surface area (Å²) in [4.78, 5) is 4.68. The number of halogens is 1. The van der Waals surface area contributed by atoms with E-state index < -0.39 is 0 Å². The third-order valence-electron chi connectivity index (χ3n) is 7.12. The molecule has 3 nitrogen and oxygen atoms in total. The first kappa shape index (κ1) is 22.6. The van der Waals surface area contributed by atoms with Gasteiger partial charge >= 0.3 is 0 Å². The Hall–Kier alpha value is -3.82. The van der Waals surface area contributed by atoms with Crippen LogP contribution in [0.25, 0.3) is 0 Å². The highest BCUT2D eigenvalue weighted by atomic mass is 35.5. The van der Waals surface area contributed by atoms with E-state index in [9.17, 15) is 0 Å². The van der Waals surface area contributed by atoms with E-state index in [0.29, 0.717) is 24.5 Å². The molecule has 1 N–H and O–H groups in total. The van der Waals surface area contributed by atoms with E-state index in [2.05, 4.69) is 71.0 Å². The Morgan fingerprint density at radius 3 is 2.50 bits per heavy atom. The van der Waals surface area contributed by atoms with Crippen molar-refractivity contribution in [2.75, 3.05) is 5.32 Å². The normalized spacial score (nSPS) is 20.1. The summed E-state index contributed by atoms with van der Waals surface area (Å²) in [5, 5.41) is 4.51. The highest BCUT2D eigenvalue weighted by Gasteiger charge is 2.37. The fourth-order valence-corrected chi connectivity index (χ4v) is 5.41. The van der Waals surface area contributed by atoms with Crippen molar-refractivity contribution in [3.63, 3.8) is 0 Å². The van der Waals surface area contributed by atoms with Gasteiger partial charge in [0, 0.05) is 28.4 Å². The van der Waals surface area contributed by atoms with Crippen LogP contribution in [0.5, 0.6) is 5.75 Å². The van der Waals surface area contributed by atoms with Crippen LogP contribution in [0.2, 0.25) is 5.02 Å². The number of nitrogens with one attached hydrogen (secondary N) is 1. The molecule has 2 aliphatic rings. The van der Waals surface area contributed by atoms with Gasteiger partial charge in [0.2, 0.25) is 0 Å². The molecule has 4 aromatic carbocycles. The largest absolute Gasteiger partial charge is 0.489 e. The summed E-state index contributed by atoms with van der Waals surface area (Å²) in [5.74, 6) is 1.84. The zero-order valence-corrected chi connectivity index (χ0v) is 20.6. The minimum atomic E-state index is 0.302. The van der Waals surface area contributed by atoms with Crippen molar-refractivity contribution < 1.29 is 4.74 Å². The van der Waals surface area contributed by atoms with Gasteiger partial charge in [0.1, 0.15) is 12.4 Å². The second-order valence-corrected chi connectivity index (χ2v) is 9.77. The van der Waals surface area contributed by atoms with Crippen LogP contribution in [-0.4, -0.2) is 6.21 Å². The van der Waals surface area contributed by atoms with Crippen LogP contribution in [0, 0.1) is 5.92 Å². The van der Waals surface area contributed by atoms with Gasteiger partial charge in [-0.2, -0.15) is 0 Å². The van der Waals surface area contributed by atoms with Gasteiger partial charge in [-0.05, 0) is 77.6 Å². The number of hydrogen-bond acceptors (Lipinski definition) is 3. The summed E-state index contributed by atoms with van der Waals surface area (Å²) in [6.45, 7) is 0.443. The third kappa shape index (κ3) is 4.67. The van der Waals surface area contributed by atoms with Gasteiger partial charge < -0.3 is 10.1 Å². The number of fused-ring (bicyclic) bond motifs is 3. The molecule has 0 fully saturated rings. The lowest BCUT2D eigenvalue weighted by Crippen LogP contribution is -2.28. The van der Waals surface area contributed by atoms with Crippen LogP contribution in [0.4, 0.5) is 11.4 Å². The molecule has 0 bridgehead atoms. The van der Waals surface area contributed by atoms with Gasteiger partial charge in [-0.3, -0.25) is 4.99 Å². The highest BCUT2D eigenvalue weighted by molar-refractivity contribution is 6.31. The molecule has 4 aromatic rings. The maximum Gasteiger partial charge on any atom is 0.119 e. The molecule has 0 saturated carbocycles. The Bertz CT molecular complexity index is 1410. The van der Waals surface area contributed by atoms with Crippen LogP contribution >= 0.6 is 11.6 Å². The van der Waals surface area contributed by atoms with Crippen molar-refractivity contribution in [2.24, 2.45) is 10.9 Å². The summed E-state index contributed by atoms with van der Waals surface area (Å²) in [6.07, 6.45) is 7.70. The van der Waals surface area contributed by atoms with Gasteiger partial charge in [0.25, 0.3) is 0 Å². The Labute approximate surface area is 217 Å². The monoisotopic (exact) mass is 490 g/mol. The predicted molar refractivity (Wildman–Crippen MR) is 149 cm³/mol. The van der Waals surface area contributed by atoms with Gasteiger partial charge in [-0.25, -0.2) is 0 Å². The molecular formula is C32H27ClN2O. The topological polar surface area (TPSA) is 33.6 Å². The molecule has 1 aliphatic carbocycles. The van der Waals surface area contributed by atoms with Crippen LogP contribution in [0.3, 0.4) is 0 Å². The second-order valence-electron chi connectivity index (χ2n) is 9.36. The maximum atomic E-state index is 6.21. The van der Waals surface area contributed by atoms with Gasteiger partial charge in [0.05, 0.1) is 11.7 Å². The van der Waals surface area contributed by atoms with Crippen molar-refractivity contribution in [3.8, 4) is 5.75 Å². The van der Waals surface area contributed by atoms with E-state index in [-0.39, 0.29) is 0 Å². The fraction of sp³-hybridized carbons (Fsp3) is 0.156. The van der Waals surface area contributed by atoms with Crippen molar-refractivity contribution in [1.82, 2.24) is 0 Å². The lowest BCUT2D eigenvalue weighted by Gasteiger charge is -2.37. The molecule has 1 aliphatic heterocycles. The standard InChI is InChI=1S/C32H27ClN2O/c33-30-10-3-1-6-24(30)21-36-26-18-12-22(13-19-26)20-34-25-16-14-23(15-17-25)32-29-9-5-8-27(29)28-7-2-4-11-31(28)35-32/h1-8,10-20,27,29,32,35H,9,21H2/t27-,29-,32-/m0/s1. The minimum absolute atomic E-state index is 0.302. The van der Waals surface area contributed by atoms with Crippen molar-refractivity contribution in [2.45, 2.75) is 25.0 Å². The SMILES string of the molecule is Clc1ccccc1COc1ccc(C=Nc2ccc([C@@H]3Nc4ccccc4[C@@H]4C=CC[C@@H]43)cc2)cc1. The number of anilines is 1. The summed E-state index contributed by atoms with van der Waals surface area (Å²) < 4.78 is 5.87. The molecule has 1 heterocycles. The van der Waals surface area contributed by atoms with E-state index in [1.807, 2.05) is 54.7 Å². The van der Waals surface area contributed by atoms with E-state index in [1.165, 1.54) is 16.8 Å². The summed E-state index contributed by atoms with van der Waals surface area (Å²) in [7, 11) is 0. The molecule has 0 aromatic heterocycles. The number of nitrogens with zero attached hydrogens (tertiary/aromatic N) is 1. The lowest BCUT2D eigenvalue weighted by atomic mass is 9.77. The number of ether oxygens (including phenoxy) is 1. The Kier molecular flexibility index (Phi) is 6.31. The molecule has 6 rings (SSSR count). The number of hydrogen-bond donors (Lipinski definition) is 1. The zero-order chi connectivity index (χ0) is 24.3. The van der Waals surface area contributed by atoms with Gasteiger partial charge in [-0.15, -0.1) is 0 Å². The van der Waals surface area contributed by atoms with Crippen molar-refractivity contribution >= 4 is 29.2 Å². The summed E-state index contributed by atoms with van der Waals surface area (Å²) in [6, 6.07) is 33.3. The van der Waals surface area contributed by atoms with Gasteiger partial charge in [-0.1, -0.05) is 72.3 Å². The number of para-hydroxylation sites is 1. The van der Waals surface area contributed by atoms with Crippen LogP contribution in [0.15, 0.2) is 114 Å². The van der Waals surface area contributed by atoms with Crippen LogP contribution in [0.1, 0.15) is 40.6 Å². The summed E-state index contributed by atoms with van der Waals surface area (Å²) in [5.41, 5.74) is 6.90. The molecule has 0 radical (unpaired) electrons. The predicted octanol–water partition coefficient (Wildman–Crippen LogP) is 8.50. The molecule has 178 valence electrons. The molecule has 0 amide bonds. The van der Waals surface area contributed by atoms with Crippen molar-refractivity contribution in [1.29, 1.82) is 0 Å². The Morgan fingerprint density at radius 2 is 1.67 bits per heavy atom. The van der Waals surface area contributed by atoms with E-state index in [4.69, 9.17) is 16.3 Å². The first-order chi connectivity index (χ1) is 17.7. The minimum Gasteiger partial charge on any atom is -0.489 e. The first-order valence-electron chi connectivity index (χ1n) is 12.4. The molecular weight excluding hydrogens is 464 g/mol. The number of rotatable bonds is 6. The molecule has 0 spiro atoms. The smallest absolute Gasteiger partial charge is 0.119 e. The van der Waals surface area contributed by atoms with E-state index in [1.54, 1.807) is 0 Å². The highest BCUT2D eigenvalue weighted by Crippen LogP contribution is 2.49. The average molecular weight is 491 g/mol. The zero-order valence-electron chi connectivity index (χ0n) is 19.8. The van der Waals surface area contributed by atoms with Crippen molar-refractivity contribution in [3.05, 3.63) is 136 Å². The van der Waals surface area contributed by atoms with Crippen LogP contribution < -0.4 is 10.1 Å². The molecule has 4 heteroatoms. The second kappa shape index (κ2) is 10.0. The number of aliphatic imine (C=N–C) groups is 1. The fourth-order valence-electron chi connectivity index (χ4n) is 5.22. The molecule has 0 unspecified atom stereocenters. The third-order valence-corrected chi connectivity index (χ3v) is 7.49. The quantitative estimate of drug-likeness (QED) is 0.217. The lowest BCUT2D eigenvalue weighted by molar-refractivity contribution is 0.306. The summed E-state index contributed by atoms with van der Waals surface area (Å²) >= 11 is 6.21. The molecule has 0 saturated heterocycles.